The smallest absolute Gasteiger partial charge is 0.319 e. The number of primary amides is 1. The van der Waals surface area contributed by atoms with Crippen molar-refractivity contribution in [3.63, 3.8) is 0 Å². The van der Waals surface area contributed by atoms with Crippen LogP contribution in [-0.2, 0) is 4.79 Å². The number of carbonyl (C=O) groups is 2. The van der Waals surface area contributed by atoms with E-state index in [1.54, 1.807) is 0 Å². The quantitative estimate of drug-likeness (QED) is 0.653. The van der Waals surface area contributed by atoms with E-state index < -0.39 is 18.0 Å². The highest BCUT2D eigenvalue weighted by atomic mass is 16.2. The van der Waals surface area contributed by atoms with Crippen molar-refractivity contribution in [2.45, 2.75) is 52.1 Å². The third kappa shape index (κ3) is 5.67. The van der Waals surface area contributed by atoms with Crippen LogP contribution in [0.1, 0.15) is 68.8 Å². The van der Waals surface area contributed by atoms with Gasteiger partial charge in [-0.2, -0.15) is 0 Å². The molecule has 5 N–H and O–H groups in total. The molecule has 0 spiro atoms. The van der Waals surface area contributed by atoms with E-state index in [1.807, 2.05) is 35.6 Å². The van der Waals surface area contributed by atoms with E-state index in [2.05, 4.69) is 57.3 Å². The molecule has 0 aliphatic heterocycles. The number of quaternary nitrogens is 1. The topological polar surface area (TPSA) is 88.8 Å². The maximum absolute atomic E-state index is 12.7. The van der Waals surface area contributed by atoms with Crippen molar-refractivity contribution in [3.05, 3.63) is 71.3 Å². The van der Waals surface area contributed by atoms with Gasteiger partial charge >= 0.3 is 6.03 Å². The molecule has 0 aromatic heterocycles. The van der Waals surface area contributed by atoms with E-state index in [4.69, 9.17) is 5.73 Å². The van der Waals surface area contributed by atoms with Gasteiger partial charge in [0.15, 0.2) is 6.04 Å². The van der Waals surface area contributed by atoms with Crippen LogP contribution in [0.4, 0.5) is 4.79 Å². The summed E-state index contributed by atoms with van der Waals surface area (Å²) in [6.07, 6.45) is 1.10. The SMILES string of the molecule is CC[C@@H](C)c1ccc([C@@H]([NH2+][C@H](C(=O)NC(N)=O)c2ccccc2)C(C)C)cc1. The number of benzene rings is 2. The van der Waals surface area contributed by atoms with Crippen LogP contribution in [0.15, 0.2) is 54.6 Å². The first-order valence-electron chi connectivity index (χ1n) is 9.93. The molecule has 2 aromatic rings. The van der Waals surface area contributed by atoms with E-state index in [-0.39, 0.29) is 6.04 Å². The molecule has 0 bridgehead atoms. The standard InChI is InChI=1S/C23H31N3O2/c1-5-16(4)17-11-13-19(14-12-17)20(15(2)3)25-21(22(27)26-23(24)28)18-9-7-6-8-10-18/h6-16,20-21,25H,5H2,1-4H3,(H3,24,26,27,28)/p+1/t16-,20+,21+/m1/s1. The molecule has 0 saturated heterocycles. The Kier molecular flexibility index (Phi) is 7.76. The van der Waals surface area contributed by atoms with Crippen molar-refractivity contribution in [1.29, 1.82) is 0 Å². The van der Waals surface area contributed by atoms with Crippen LogP contribution in [0.25, 0.3) is 0 Å². The van der Waals surface area contributed by atoms with Crippen molar-refractivity contribution in [1.82, 2.24) is 5.32 Å². The fourth-order valence-electron chi connectivity index (χ4n) is 3.42. The van der Waals surface area contributed by atoms with Gasteiger partial charge in [-0.1, -0.05) is 82.3 Å². The molecule has 0 fully saturated rings. The molecule has 5 nitrogen and oxygen atoms in total. The molecule has 0 heterocycles. The molecule has 0 radical (unpaired) electrons. The second-order valence-corrected chi connectivity index (χ2v) is 7.68. The van der Waals surface area contributed by atoms with E-state index >= 15 is 0 Å². The monoisotopic (exact) mass is 382 g/mol. The summed E-state index contributed by atoms with van der Waals surface area (Å²) >= 11 is 0. The van der Waals surface area contributed by atoms with Gasteiger partial charge in [0.1, 0.15) is 6.04 Å². The van der Waals surface area contributed by atoms with Gasteiger partial charge in [0.25, 0.3) is 5.91 Å². The van der Waals surface area contributed by atoms with Gasteiger partial charge in [-0.05, 0) is 17.9 Å². The average molecular weight is 383 g/mol. The normalized spacial score (nSPS) is 14.3. The number of rotatable bonds is 8. The molecule has 150 valence electrons. The number of amides is 3. The van der Waals surface area contributed by atoms with E-state index in [9.17, 15) is 9.59 Å². The van der Waals surface area contributed by atoms with Crippen molar-refractivity contribution < 1.29 is 14.9 Å². The summed E-state index contributed by atoms with van der Waals surface area (Å²) in [5.74, 6) is 0.413. The predicted molar refractivity (Wildman–Crippen MR) is 112 cm³/mol. The number of imide groups is 1. The summed E-state index contributed by atoms with van der Waals surface area (Å²) in [4.78, 5) is 23.9. The Labute approximate surface area is 167 Å². The molecule has 0 aliphatic rings. The molecule has 2 rings (SSSR count). The van der Waals surface area contributed by atoms with Crippen LogP contribution in [0, 0.1) is 5.92 Å². The van der Waals surface area contributed by atoms with Gasteiger partial charge in [0.05, 0.1) is 0 Å². The summed E-state index contributed by atoms with van der Waals surface area (Å²) in [6, 6.07) is 16.8. The number of carbonyl (C=O) groups excluding carboxylic acids is 2. The highest BCUT2D eigenvalue weighted by molar-refractivity contribution is 5.96. The molecule has 0 unspecified atom stereocenters. The zero-order valence-corrected chi connectivity index (χ0v) is 17.2. The van der Waals surface area contributed by atoms with Crippen LogP contribution in [0.2, 0.25) is 0 Å². The average Bonchev–Trinajstić information content (AvgIpc) is 2.68. The second kappa shape index (κ2) is 10.0. The highest BCUT2D eigenvalue weighted by Crippen LogP contribution is 2.24. The van der Waals surface area contributed by atoms with Crippen molar-refractivity contribution in [3.8, 4) is 0 Å². The Hall–Kier alpha value is -2.66. The molecule has 2 aromatic carbocycles. The molecular weight excluding hydrogens is 350 g/mol. The zero-order valence-electron chi connectivity index (χ0n) is 17.2. The largest absolute Gasteiger partial charge is 0.351 e. The molecule has 0 aliphatic carbocycles. The third-order valence-electron chi connectivity index (χ3n) is 5.31. The molecule has 5 heteroatoms. The molecule has 3 atom stereocenters. The van der Waals surface area contributed by atoms with E-state index in [0.29, 0.717) is 11.8 Å². The summed E-state index contributed by atoms with van der Waals surface area (Å²) < 4.78 is 0. The van der Waals surface area contributed by atoms with Crippen LogP contribution >= 0.6 is 0 Å². The third-order valence-corrected chi connectivity index (χ3v) is 5.31. The lowest BCUT2D eigenvalue weighted by molar-refractivity contribution is -0.728. The van der Waals surface area contributed by atoms with Gasteiger partial charge in [-0.15, -0.1) is 0 Å². The fraction of sp³-hybridized carbons (Fsp3) is 0.391. The van der Waals surface area contributed by atoms with Crippen LogP contribution in [-0.4, -0.2) is 11.9 Å². The van der Waals surface area contributed by atoms with Crippen LogP contribution in [0.3, 0.4) is 0 Å². The van der Waals surface area contributed by atoms with Crippen molar-refractivity contribution in [2.24, 2.45) is 11.7 Å². The van der Waals surface area contributed by atoms with E-state index in [0.717, 1.165) is 17.5 Å². The molecular formula is C23H32N3O2+. The number of nitrogens with two attached hydrogens (primary N) is 2. The lowest BCUT2D eigenvalue weighted by Gasteiger charge is -2.25. The Morgan fingerprint density at radius 1 is 0.929 bits per heavy atom. The molecule has 0 saturated carbocycles. The Morgan fingerprint density at radius 3 is 2.00 bits per heavy atom. The summed E-state index contributed by atoms with van der Waals surface area (Å²) in [6.45, 7) is 8.68. The number of urea groups is 1. The van der Waals surface area contributed by atoms with Gasteiger partial charge in [0, 0.05) is 17.0 Å². The predicted octanol–water partition coefficient (Wildman–Crippen LogP) is 3.40. The summed E-state index contributed by atoms with van der Waals surface area (Å²) in [7, 11) is 0. The summed E-state index contributed by atoms with van der Waals surface area (Å²) in [5, 5.41) is 4.26. The summed E-state index contributed by atoms with van der Waals surface area (Å²) in [5.41, 5.74) is 8.50. The highest BCUT2D eigenvalue weighted by Gasteiger charge is 2.31. The van der Waals surface area contributed by atoms with Crippen molar-refractivity contribution >= 4 is 11.9 Å². The van der Waals surface area contributed by atoms with Gasteiger partial charge in [-0.3, -0.25) is 10.1 Å². The Morgan fingerprint density at radius 2 is 1.50 bits per heavy atom. The van der Waals surface area contributed by atoms with Gasteiger partial charge in [0.2, 0.25) is 0 Å². The Bertz CT molecular complexity index is 772. The Balaban J connectivity index is 2.32. The van der Waals surface area contributed by atoms with Gasteiger partial charge < -0.3 is 11.1 Å². The zero-order chi connectivity index (χ0) is 20.7. The maximum atomic E-state index is 12.7. The second-order valence-electron chi connectivity index (χ2n) is 7.68. The first-order chi connectivity index (χ1) is 13.3. The minimum Gasteiger partial charge on any atom is -0.351 e. The lowest BCUT2D eigenvalue weighted by atomic mass is 9.91. The maximum Gasteiger partial charge on any atom is 0.319 e. The van der Waals surface area contributed by atoms with Crippen LogP contribution < -0.4 is 16.4 Å². The fourth-order valence-corrected chi connectivity index (χ4v) is 3.42. The first-order valence-corrected chi connectivity index (χ1v) is 9.93. The van der Waals surface area contributed by atoms with E-state index in [1.165, 1.54) is 5.56 Å². The number of hydrogen-bond acceptors (Lipinski definition) is 2. The van der Waals surface area contributed by atoms with Crippen molar-refractivity contribution in [2.75, 3.05) is 0 Å². The minimum atomic E-state index is -0.835. The number of nitrogens with one attached hydrogen (secondary N) is 1. The number of hydrogen-bond donors (Lipinski definition) is 3. The minimum absolute atomic E-state index is 0.0646. The lowest BCUT2D eigenvalue weighted by Crippen LogP contribution is -2.89. The molecule has 28 heavy (non-hydrogen) atoms. The molecule has 3 amide bonds. The van der Waals surface area contributed by atoms with Crippen LogP contribution in [0.5, 0.6) is 0 Å². The van der Waals surface area contributed by atoms with Gasteiger partial charge in [-0.25, -0.2) is 4.79 Å². The first kappa shape index (κ1) is 21.6.